The van der Waals surface area contributed by atoms with Gasteiger partial charge in [0, 0.05) is 23.5 Å². The summed E-state index contributed by atoms with van der Waals surface area (Å²) in [6.07, 6.45) is 4.31. The Kier molecular flexibility index (Phi) is 4.68. The normalized spacial score (nSPS) is 15.6. The summed E-state index contributed by atoms with van der Waals surface area (Å²) in [5.74, 6) is -2.90. The van der Waals surface area contributed by atoms with E-state index in [-0.39, 0.29) is 11.4 Å². The van der Waals surface area contributed by atoms with Gasteiger partial charge in [-0.3, -0.25) is 0 Å². The van der Waals surface area contributed by atoms with Crippen LogP contribution < -0.4 is 5.32 Å². The van der Waals surface area contributed by atoms with E-state index in [1.165, 1.54) is 22.9 Å². The van der Waals surface area contributed by atoms with Gasteiger partial charge in [-0.15, -0.1) is 5.10 Å². The second kappa shape index (κ2) is 7.06. The predicted molar refractivity (Wildman–Crippen MR) is 103 cm³/mol. The highest BCUT2D eigenvalue weighted by Crippen LogP contribution is 2.28. The zero-order valence-electron chi connectivity index (χ0n) is 16.0. The minimum Gasteiger partial charge on any atom is -0.312 e. The van der Waals surface area contributed by atoms with Crippen molar-refractivity contribution in [3.63, 3.8) is 0 Å². The molecular formula is C20H20F3N5O. The van der Waals surface area contributed by atoms with Gasteiger partial charge in [0.25, 0.3) is 5.92 Å². The molecule has 2 amide bonds. The number of alkyl halides is 2. The van der Waals surface area contributed by atoms with Crippen molar-refractivity contribution in [1.29, 1.82) is 0 Å². The van der Waals surface area contributed by atoms with Crippen molar-refractivity contribution in [1.82, 2.24) is 19.7 Å². The zero-order valence-corrected chi connectivity index (χ0v) is 16.0. The molecular weight excluding hydrogens is 383 g/mol. The van der Waals surface area contributed by atoms with Crippen molar-refractivity contribution in [3.05, 3.63) is 48.0 Å². The van der Waals surface area contributed by atoms with Crippen molar-refractivity contribution < 1.29 is 18.0 Å². The van der Waals surface area contributed by atoms with E-state index in [2.05, 4.69) is 29.2 Å². The van der Waals surface area contributed by atoms with Crippen LogP contribution in [0.2, 0.25) is 0 Å². The van der Waals surface area contributed by atoms with Crippen LogP contribution in [-0.2, 0) is 6.42 Å². The summed E-state index contributed by atoms with van der Waals surface area (Å²) in [5, 5.41) is 7.60. The highest BCUT2D eigenvalue weighted by atomic mass is 19.3. The van der Waals surface area contributed by atoms with E-state index in [0.29, 0.717) is 11.6 Å². The standard InChI is InChI=1S/C20H20F3N5O/c1-12(2)5-13-6-14-9-28(26-18(14)24-8-13)17-7-15(3-4-16(17)21)25-19(29)27-10-20(22,23)11-27/h3-4,6-9,12H,5,10-11H2,1-2H3,(H,25,29). The van der Waals surface area contributed by atoms with Crippen molar-refractivity contribution >= 4 is 22.8 Å². The molecule has 1 aliphatic rings. The summed E-state index contributed by atoms with van der Waals surface area (Å²) in [6, 6.07) is 5.29. The highest BCUT2D eigenvalue weighted by molar-refractivity contribution is 5.90. The Morgan fingerprint density at radius 2 is 2.03 bits per heavy atom. The molecule has 0 spiro atoms. The molecule has 152 valence electrons. The smallest absolute Gasteiger partial charge is 0.312 e. The maximum Gasteiger partial charge on any atom is 0.322 e. The molecule has 0 saturated carbocycles. The Bertz CT molecular complexity index is 1070. The molecule has 4 rings (SSSR count). The SMILES string of the molecule is CC(C)Cc1cnc2nn(-c3cc(NC(=O)N4CC(F)(F)C4)ccc3F)cc2c1. The Hall–Kier alpha value is -3.10. The average Bonchev–Trinajstić information content (AvgIpc) is 3.03. The summed E-state index contributed by atoms with van der Waals surface area (Å²) >= 11 is 0. The predicted octanol–water partition coefficient (Wildman–Crippen LogP) is 4.24. The first-order chi connectivity index (χ1) is 13.7. The molecule has 1 saturated heterocycles. The largest absolute Gasteiger partial charge is 0.322 e. The maximum atomic E-state index is 14.4. The van der Waals surface area contributed by atoms with E-state index < -0.39 is 30.9 Å². The molecule has 9 heteroatoms. The molecule has 0 atom stereocenters. The van der Waals surface area contributed by atoms with Crippen LogP contribution in [0.1, 0.15) is 19.4 Å². The number of rotatable bonds is 4. The number of halogens is 3. The van der Waals surface area contributed by atoms with Crippen LogP contribution in [0.25, 0.3) is 16.7 Å². The number of carbonyl (C=O) groups is 1. The number of anilines is 1. The summed E-state index contributed by atoms with van der Waals surface area (Å²) in [7, 11) is 0. The number of urea groups is 1. The van der Waals surface area contributed by atoms with Gasteiger partial charge >= 0.3 is 6.03 Å². The molecule has 0 aliphatic carbocycles. The van der Waals surface area contributed by atoms with Crippen LogP contribution in [0, 0.1) is 11.7 Å². The first-order valence-electron chi connectivity index (χ1n) is 9.28. The molecule has 29 heavy (non-hydrogen) atoms. The molecule has 2 aromatic heterocycles. The molecule has 1 N–H and O–H groups in total. The number of likely N-dealkylation sites (tertiary alicyclic amines) is 1. The van der Waals surface area contributed by atoms with E-state index >= 15 is 0 Å². The summed E-state index contributed by atoms with van der Waals surface area (Å²) in [4.78, 5) is 17.4. The molecule has 3 heterocycles. The van der Waals surface area contributed by atoms with Crippen molar-refractivity contribution in [2.45, 2.75) is 26.2 Å². The number of nitrogens with zero attached hydrogens (tertiary/aromatic N) is 4. The van der Waals surface area contributed by atoms with Crippen molar-refractivity contribution in [3.8, 4) is 5.69 Å². The molecule has 0 radical (unpaired) electrons. The topological polar surface area (TPSA) is 63.1 Å². The molecule has 1 aliphatic heterocycles. The fourth-order valence-corrected chi connectivity index (χ4v) is 3.29. The van der Waals surface area contributed by atoms with Crippen molar-refractivity contribution in [2.24, 2.45) is 5.92 Å². The summed E-state index contributed by atoms with van der Waals surface area (Å²) in [5.41, 5.74) is 1.96. The third-order valence-electron chi connectivity index (χ3n) is 4.64. The molecule has 3 aromatic rings. The second-order valence-electron chi connectivity index (χ2n) is 7.74. The molecule has 0 bridgehead atoms. The quantitative estimate of drug-likeness (QED) is 0.709. The monoisotopic (exact) mass is 403 g/mol. The molecule has 0 unspecified atom stereocenters. The number of carbonyl (C=O) groups excluding carboxylic acids is 1. The lowest BCUT2D eigenvalue weighted by atomic mass is 10.0. The number of hydrogen-bond donors (Lipinski definition) is 1. The lowest BCUT2D eigenvalue weighted by Crippen LogP contribution is -2.59. The first kappa shape index (κ1) is 19.2. The van der Waals surface area contributed by atoms with Crippen LogP contribution in [-0.4, -0.2) is 44.7 Å². The van der Waals surface area contributed by atoms with Crippen LogP contribution in [0.3, 0.4) is 0 Å². The lowest BCUT2D eigenvalue weighted by Gasteiger charge is -2.38. The Balaban J connectivity index is 1.58. The summed E-state index contributed by atoms with van der Waals surface area (Å²) < 4.78 is 41.6. The Morgan fingerprint density at radius 1 is 1.28 bits per heavy atom. The van der Waals surface area contributed by atoms with Gasteiger partial charge in [-0.1, -0.05) is 13.8 Å². The van der Waals surface area contributed by atoms with Crippen LogP contribution in [0.15, 0.2) is 36.7 Å². The van der Waals surface area contributed by atoms with E-state index in [1.807, 2.05) is 6.07 Å². The van der Waals surface area contributed by atoms with E-state index in [4.69, 9.17) is 0 Å². The number of benzene rings is 1. The van der Waals surface area contributed by atoms with Gasteiger partial charge in [0.15, 0.2) is 5.65 Å². The third-order valence-corrected chi connectivity index (χ3v) is 4.64. The van der Waals surface area contributed by atoms with Gasteiger partial charge in [0.2, 0.25) is 0 Å². The van der Waals surface area contributed by atoms with Crippen LogP contribution in [0.4, 0.5) is 23.7 Å². The highest BCUT2D eigenvalue weighted by Gasteiger charge is 2.46. The molecule has 6 nitrogen and oxygen atoms in total. The maximum absolute atomic E-state index is 14.4. The van der Waals surface area contributed by atoms with Crippen LogP contribution in [0.5, 0.6) is 0 Å². The number of aromatic nitrogens is 3. The number of amides is 2. The third kappa shape index (κ3) is 4.03. The fourth-order valence-electron chi connectivity index (χ4n) is 3.29. The van der Waals surface area contributed by atoms with Gasteiger partial charge in [-0.25, -0.2) is 27.6 Å². The summed E-state index contributed by atoms with van der Waals surface area (Å²) in [6.45, 7) is 2.98. The minimum atomic E-state index is -2.85. The zero-order chi connectivity index (χ0) is 20.8. The fraction of sp³-hybridized carbons (Fsp3) is 0.350. The molecule has 1 aromatic carbocycles. The van der Waals surface area contributed by atoms with Crippen LogP contribution >= 0.6 is 0 Å². The van der Waals surface area contributed by atoms with Gasteiger partial charge in [-0.05, 0) is 42.2 Å². The average molecular weight is 403 g/mol. The Labute approximate surface area is 165 Å². The second-order valence-corrected chi connectivity index (χ2v) is 7.74. The number of hydrogen-bond acceptors (Lipinski definition) is 3. The van der Waals surface area contributed by atoms with Gasteiger partial charge in [0.05, 0.1) is 13.1 Å². The van der Waals surface area contributed by atoms with E-state index in [1.54, 1.807) is 12.4 Å². The van der Waals surface area contributed by atoms with E-state index in [0.717, 1.165) is 22.3 Å². The number of fused-ring (bicyclic) bond motifs is 1. The lowest BCUT2D eigenvalue weighted by molar-refractivity contribution is -0.107. The first-order valence-corrected chi connectivity index (χ1v) is 9.28. The van der Waals surface area contributed by atoms with E-state index in [9.17, 15) is 18.0 Å². The minimum absolute atomic E-state index is 0.125. The van der Waals surface area contributed by atoms with Gasteiger partial charge in [0.1, 0.15) is 11.5 Å². The van der Waals surface area contributed by atoms with Crippen molar-refractivity contribution in [2.75, 3.05) is 18.4 Å². The number of nitrogens with one attached hydrogen (secondary N) is 1. The van der Waals surface area contributed by atoms with Gasteiger partial charge < -0.3 is 10.2 Å². The molecule has 1 fully saturated rings. The number of pyridine rings is 1. The van der Waals surface area contributed by atoms with Gasteiger partial charge in [-0.2, -0.15) is 0 Å². The Morgan fingerprint density at radius 3 is 2.72 bits per heavy atom.